The van der Waals surface area contributed by atoms with Crippen LogP contribution in [0.1, 0.15) is 31.2 Å². The maximum atomic E-state index is 12.2. The van der Waals surface area contributed by atoms with Crippen molar-refractivity contribution in [3.63, 3.8) is 0 Å². The largest absolute Gasteiger partial charge is 0.496 e. The molecule has 1 aliphatic carbocycles. The van der Waals surface area contributed by atoms with Crippen molar-refractivity contribution in [1.29, 1.82) is 0 Å². The van der Waals surface area contributed by atoms with Crippen molar-refractivity contribution in [2.75, 3.05) is 7.11 Å². The molecular weight excluding hydrogens is 306 g/mol. The van der Waals surface area contributed by atoms with Crippen LogP contribution in [0.2, 0.25) is 5.02 Å². The Morgan fingerprint density at radius 1 is 1.27 bits per heavy atom. The summed E-state index contributed by atoms with van der Waals surface area (Å²) in [6.07, 6.45) is 2.37. The SMILES string of the molecule is COc1ccc(Cl)cc1CNC(=O)C1CCC(C(=O)O)CC1. The number of nitrogens with one attached hydrogen (secondary N) is 1. The van der Waals surface area contributed by atoms with Gasteiger partial charge >= 0.3 is 5.97 Å². The molecule has 6 heteroatoms. The first kappa shape index (κ1) is 16.6. The zero-order valence-electron chi connectivity index (χ0n) is 12.5. The van der Waals surface area contributed by atoms with Gasteiger partial charge in [-0.2, -0.15) is 0 Å². The van der Waals surface area contributed by atoms with Gasteiger partial charge in [0.2, 0.25) is 5.91 Å². The summed E-state index contributed by atoms with van der Waals surface area (Å²) in [6.45, 7) is 0.349. The highest BCUT2D eigenvalue weighted by Gasteiger charge is 2.29. The van der Waals surface area contributed by atoms with Gasteiger partial charge in [-0.1, -0.05) is 11.6 Å². The number of hydrogen-bond donors (Lipinski definition) is 2. The Morgan fingerprint density at radius 3 is 2.50 bits per heavy atom. The second-order valence-corrected chi connectivity index (χ2v) is 6.00. The van der Waals surface area contributed by atoms with Gasteiger partial charge in [0.05, 0.1) is 13.0 Å². The monoisotopic (exact) mass is 325 g/mol. The molecule has 22 heavy (non-hydrogen) atoms. The third-order valence-electron chi connectivity index (χ3n) is 4.14. The van der Waals surface area contributed by atoms with Crippen molar-refractivity contribution in [3.8, 4) is 5.75 Å². The summed E-state index contributed by atoms with van der Waals surface area (Å²) in [5.41, 5.74) is 0.822. The molecule has 1 amide bonds. The number of methoxy groups -OCH3 is 1. The van der Waals surface area contributed by atoms with Crippen molar-refractivity contribution < 1.29 is 19.4 Å². The lowest BCUT2D eigenvalue weighted by Crippen LogP contribution is -2.34. The van der Waals surface area contributed by atoms with E-state index < -0.39 is 5.97 Å². The average Bonchev–Trinajstić information content (AvgIpc) is 2.52. The number of aliphatic carboxylic acids is 1. The number of rotatable bonds is 5. The Morgan fingerprint density at radius 2 is 1.91 bits per heavy atom. The van der Waals surface area contributed by atoms with Crippen LogP contribution in [0.4, 0.5) is 0 Å². The Hall–Kier alpha value is -1.75. The van der Waals surface area contributed by atoms with Crippen molar-refractivity contribution in [2.45, 2.75) is 32.2 Å². The fraction of sp³-hybridized carbons (Fsp3) is 0.500. The summed E-state index contributed by atoms with van der Waals surface area (Å²) in [5, 5.41) is 12.5. The summed E-state index contributed by atoms with van der Waals surface area (Å²) in [7, 11) is 1.57. The van der Waals surface area contributed by atoms with E-state index >= 15 is 0 Å². The summed E-state index contributed by atoms with van der Waals surface area (Å²) in [4.78, 5) is 23.1. The summed E-state index contributed by atoms with van der Waals surface area (Å²) < 4.78 is 5.24. The molecule has 1 aromatic rings. The number of carbonyl (C=O) groups excluding carboxylic acids is 1. The highest BCUT2D eigenvalue weighted by Crippen LogP contribution is 2.29. The lowest BCUT2D eigenvalue weighted by Gasteiger charge is -2.25. The van der Waals surface area contributed by atoms with Crippen LogP contribution in [-0.4, -0.2) is 24.1 Å². The second-order valence-electron chi connectivity index (χ2n) is 5.56. The molecule has 1 fully saturated rings. The highest BCUT2D eigenvalue weighted by atomic mass is 35.5. The molecule has 0 radical (unpaired) electrons. The average molecular weight is 326 g/mol. The quantitative estimate of drug-likeness (QED) is 0.872. The Balaban J connectivity index is 1.88. The lowest BCUT2D eigenvalue weighted by molar-refractivity contribution is -0.144. The maximum Gasteiger partial charge on any atom is 0.306 e. The van der Waals surface area contributed by atoms with Crippen LogP contribution in [0.3, 0.4) is 0 Å². The van der Waals surface area contributed by atoms with E-state index in [1.165, 1.54) is 0 Å². The number of carbonyl (C=O) groups is 2. The van der Waals surface area contributed by atoms with E-state index in [0.717, 1.165) is 5.56 Å². The van der Waals surface area contributed by atoms with E-state index in [1.54, 1.807) is 25.3 Å². The maximum absolute atomic E-state index is 12.2. The normalized spacial score (nSPS) is 21.2. The van der Waals surface area contributed by atoms with E-state index in [4.69, 9.17) is 21.4 Å². The fourth-order valence-electron chi connectivity index (χ4n) is 2.81. The molecule has 120 valence electrons. The summed E-state index contributed by atoms with van der Waals surface area (Å²) in [5.74, 6) is -0.537. The molecule has 0 spiro atoms. The zero-order valence-corrected chi connectivity index (χ0v) is 13.2. The molecule has 0 atom stereocenters. The van der Waals surface area contributed by atoms with Gasteiger partial charge in [-0.3, -0.25) is 9.59 Å². The molecule has 0 unspecified atom stereocenters. The van der Waals surface area contributed by atoms with Gasteiger partial charge < -0.3 is 15.2 Å². The van der Waals surface area contributed by atoms with E-state index in [1.807, 2.05) is 0 Å². The Labute approximate surface area is 134 Å². The van der Waals surface area contributed by atoms with Crippen LogP contribution in [0, 0.1) is 11.8 Å². The van der Waals surface area contributed by atoms with E-state index in [0.29, 0.717) is 43.0 Å². The molecule has 2 rings (SSSR count). The van der Waals surface area contributed by atoms with Gasteiger partial charge in [-0.05, 0) is 43.9 Å². The predicted molar refractivity (Wildman–Crippen MR) is 82.9 cm³/mol. The van der Waals surface area contributed by atoms with Gasteiger partial charge in [0.15, 0.2) is 0 Å². The first-order valence-corrected chi connectivity index (χ1v) is 7.72. The topological polar surface area (TPSA) is 75.6 Å². The predicted octanol–water partition coefficient (Wildman–Crippen LogP) is 2.86. The zero-order chi connectivity index (χ0) is 16.1. The van der Waals surface area contributed by atoms with E-state index in [2.05, 4.69) is 5.32 Å². The minimum absolute atomic E-state index is 0.0362. The molecule has 1 aliphatic rings. The third kappa shape index (κ3) is 4.13. The number of amides is 1. The number of halogens is 1. The van der Waals surface area contributed by atoms with Gasteiger partial charge in [-0.15, -0.1) is 0 Å². The number of carboxylic acids is 1. The molecule has 0 heterocycles. The molecular formula is C16H20ClNO4. The summed E-state index contributed by atoms with van der Waals surface area (Å²) >= 11 is 5.96. The van der Waals surface area contributed by atoms with Crippen LogP contribution in [-0.2, 0) is 16.1 Å². The van der Waals surface area contributed by atoms with E-state index in [9.17, 15) is 9.59 Å². The third-order valence-corrected chi connectivity index (χ3v) is 4.38. The number of carboxylic acid groups (broad SMARTS) is 1. The Bertz CT molecular complexity index is 553. The standard InChI is InChI=1S/C16H20ClNO4/c1-22-14-7-6-13(17)8-12(14)9-18-15(19)10-2-4-11(5-3-10)16(20)21/h6-8,10-11H,2-5,9H2,1H3,(H,18,19)(H,20,21). The van der Waals surface area contributed by atoms with Crippen LogP contribution < -0.4 is 10.1 Å². The van der Waals surface area contributed by atoms with Gasteiger partial charge in [-0.25, -0.2) is 0 Å². The molecule has 1 aromatic carbocycles. The molecule has 0 bridgehead atoms. The first-order valence-electron chi connectivity index (χ1n) is 7.34. The van der Waals surface area contributed by atoms with Crippen LogP contribution in [0.15, 0.2) is 18.2 Å². The molecule has 1 saturated carbocycles. The minimum Gasteiger partial charge on any atom is -0.496 e. The first-order chi connectivity index (χ1) is 10.5. The van der Waals surface area contributed by atoms with Crippen molar-refractivity contribution in [1.82, 2.24) is 5.32 Å². The molecule has 0 aromatic heterocycles. The highest BCUT2D eigenvalue weighted by molar-refractivity contribution is 6.30. The van der Waals surface area contributed by atoms with Crippen LogP contribution in [0.25, 0.3) is 0 Å². The van der Waals surface area contributed by atoms with Crippen molar-refractivity contribution in [2.24, 2.45) is 11.8 Å². The molecule has 2 N–H and O–H groups in total. The minimum atomic E-state index is -0.762. The second kappa shape index (κ2) is 7.49. The van der Waals surface area contributed by atoms with Gasteiger partial charge in [0, 0.05) is 23.0 Å². The number of benzene rings is 1. The van der Waals surface area contributed by atoms with Gasteiger partial charge in [0.1, 0.15) is 5.75 Å². The number of hydrogen-bond acceptors (Lipinski definition) is 3. The molecule has 5 nitrogen and oxygen atoms in total. The van der Waals surface area contributed by atoms with Crippen LogP contribution in [0.5, 0.6) is 5.75 Å². The van der Waals surface area contributed by atoms with E-state index in [-0.39, 0.29) is 17.7 Å². The fourth-order valence-corrected chi connectivity index (χ4v) is 3.01. The molecule has 0 saturated heterocycles. The van der Waals surface area contributed by atoms with Crippen LogP contribution >= 0.6 is 11.6 Å². The van der Waals surface area contributed by atoms with Crippen molar-refractivity contribution >= 4 is 23.5 Å². The Kier molecular flexibility index (Phi) is 5.66. The lowest BCUT2D eigenvalue weighted by atomic mass is 9.81. The van der Waals surface area contributed by atoms with Crippen molar-refractivity contribution in [3.05, 3.63) is 28.8 Å². The van der Waals surface area contributed by atoms with Gasteiger partial charge in [0.25, 0.3) is 0 Å². The number of ether oxygens (including phenoxy) is 1. The molecule has 0 aliphatic heterocycles. The summed E-state index contributed by atoms with van der Waals surface area (Å²) in [6, 6.07) is 5.27. The smallest absolute Gasteiger partial charge is 0.306 e.